The van der Waals surface area contributed by atoms with Crippen LogP contribution in [-0.2, 0) is 16.0 Å². The van der Waals surface area contributed by atoms with Crippen molar-refractivity contribution < 1.29 is 24.4 Å². The van der Waals surface area contributed by atoms with E-state index in [0.717, 1.165) is 0 Å². The highest BCUT2D eigenvalue weighted by Gasteiger charge is 2.24. The van der Waals surface area contributed by atoms with Crippen molar-refractivity contribution in [3.63, 3.8) is 0 Å². The normalized spacial score (nSPS) is 9.71. The van der Waals surface area contributed by atoms with E-state index in [1.165, 1.54) is 25.3 Å². The third kappa shape index (κ3) is 2.77. The minimum atomic E-state index is -1.62. The van der Waals surface area contributed by atoms with Crippen LogP contribution in [0.5, 0.6) is 5.75 Å². The van der Waals surface area contributed by atoms with Gasteiger partial charge in [-0.05, 0) is 6.07 Å². The van der Waals surface area contributed by atoms with Gasteiger partial charge in [0.1, 0.15) is 0 Å². The summed E-state index contributed by atoms with van der Waals surface area (Å²) in [7, 11) is 1.26. The molecule has 0 unspecified atom stereocenters. The third-order valence-electron chi connectivity index (χ3n) is 2.07. The number of benzene rings is 1. The van der Waals surface area contributed by atoms with Crippen molar-refractivity contribution in [2.45, 2.75) is 6.42 Å². The lowest BCUT2D eigenvalue weighted by atomic mass is 10.1. The highest BCUT2D eigenvalue weighted by molar-refractivity contribution is 6.33. The number of aliphatic carboxylic acids is 1. The van der Waals surface area contributed by atoms with Gasteiger partial charge in [-0.25, -0.2) is 4.79 Å². The summed E-state index contributed by atoms with van der Waals surface area (Å²) in [5, 5.41) is 19.3. The fourth-order valence-corrected chi connectivity index (χ4v) is 1.33. The number of carboxylic acid groups (broad SMARTS) is 1. The maximum absolute atomic E-state index is 11.0. The van der Waals surface area contributed by atoms with Gasteiger partial charge in [-0.1, -0.05) is 12.1 Å². The van der Waals surface area contributed by atoms with Gasteiger partial charge in [-0.15, -0.1) is 0 Å². The Balaban J connectivity index is 3.19. The first-order valence-corrected chi connectivity index (χ1v) is 4.53. The molecular formula is C10H9NO6. The molecule has 1 aromatic rings. The monoisotopic (exact) mass is 239 g/mol. The second-order valence-electron chi connectivity index (χ2n) is 3.13. The van der Waals surface area contributed by atoms with Crippen LogP contribution in [0, 0.1) is 10.1 Å². The molecule has 0 saturated carbocycles. The van der Waals surface area contributed by atoms with E-state index < -0.39 is 23.1 Å². The number of Topliss-reactive ketones (excluding diaryl/α,β-unsaturated/α-hetero) is 1. The van der Waals surface area contributed by atoms with Crippen LogP contribution in [0.3, 0.4) is 0 Å². The van der Waals surface area contributed by atoms with Crippen molar-refractivity contribution in [3.05, 3.63) is 33.9 Å². The van der Waals surface area contributed by atoms with E-state index in [1.807, 2.05) is 0 Å². The quantitative estimate of drug-likeness (QED) is 0.462. The van der Waals surface area contributed by atoms with Gasteiger partial charge in [-0.3, -0.25) is 14.9 Å². The van der Waals surface area contributed by atoms with E-state index >= 15 is 0 Å². The average Bonchev–Trinajstić information content (AvgIpc) is 2.27. The van der Waals surface area contributed by atoms with Gasteiger partial charge < -0.3 is 9.84 Å². The van der Waals surface area contributed by atoms with Gasteiger partial charge in [0, 0.05) is 12.0 Å². The number of ketones is 1. The second-order valence-corrected chi connectivity index (χ2v) is 3.13. The van der Waals surface area contributed by atoms with Crippen LogP contribution in [0.15, 0.2) is 18.2 Å². The Morgan fingerprint density at radius 2 is 2.12 bits per heavy atom. The Labute approximate surface area is 95.8 Å². The predicted octanol–water partition coefficient (Wildman–Crippen LogP) is 0.800. The molecule has 0 aliphatic rings. The van der Waals surface area contributed by atoms with Crippen LogP contribution in [-0.4, -0.2) is 28.9 Å². The lowest BCUT2D eigenvalue weighted by molar-refractivity contribution is -0.386. The van der Waals surface area contributed by atoms with E-state index in [4.69, 9.17) is 9.84 Å². The topological polar surface area (TPSA) is 107 Å². The number of carboxylic acids is 1. The van der Waals surface area contributed by atoms with Crippen LogP contribution in [0.25, 0.3) is 0 Å². The zero-order valence-electron chi connectivity index (χ0n) is 8.87. The highest BCUT2D eigenvalue weighted by atomic mass is 16.6. The van der Waals surface area contributed by atoms with E-state index in [0.29, 0.717) is 0 Å². The van der Waals surface area contributed by atoms with Crippen molar-refractivity contribution in [2.24, 2.45) is 0 Å². The SMILES string of the molecule is COc1cccc(CC(=O)C(=O)O)c1[N+](=O)[O-]. The van der Waals surface area contributed by atoms with Gasteiger partial charge in [0.2, 0.25) is 5.78 Å². The van der Waals surface area contributed by atoms with E-state index in [2.05, 4.69) is 0 Å². The Kier molecular flexibility index (Phi) is 3.76. The molecule has 90 valence electrons. The summed E-state index contributed by atoms with van der Waals surface area (Å²) in [6.45, 7) is 0. The number of para-hydroxylation sites is 1. The first-order chi connectivity index (χ1) is 7.97. The molecule has 1 rings (SSSR count). The summed E-state index contributed by atoms with van der Waals surface area (Å²) in [4.78, 5) is 31.5. The predicted molar refractivity (Wildman–Crippen MR) is 56.0 cm³/mol. The zero-order valence-corrected chi connectivity index (χ0v) is 8.87. The van der Waals surface area contributed by atoms with Crippen molar-refractivity contribution >= 4 is 17.4 Å². The number of carbonyl (C=O) groups excluding carboxylic acids is 1. The van der Waals surface area contributed by atoms with Gasteiger partial charge in [-0.2, -0.15) is 0 Å². The first-order valence-electron chi connectivity index (χ1n) is 4.53. The number of carbonyl (C=O) groups is 2. The van der Waals surface area contributed by atoms with Crippen molar-refractivity contribution in [1.82, 2.24) is 0 Å². The van der Waals surface area contributed by atoms with Crippen LogP contribution >= 0.6 is 0 Å². The number of nitrogens with zero attached hydrogens (tertiary/aromatic N) is 1. The number of nitro benzene ring substituents is 1. The Hall–Kier alpha value is -2.44. The molecule has 0 spiro atoms. The fraction of sp³-hybridized carbons (Fsp3) is 0.200. The number of hydrogen-bond donors (Lipinski definition) is 1. The molecule has 1 N–H and O–H groups in total. The van der Waals surface area contributed by atoms with Crippen molar-refractivity contribution in [3.8, 4) is 5.75 Å². The lowest BCUT2D eigenvalue weighted by Crippen LogP contribution is -2.16. The molecule has 0 radical (unpaired) electrons. The maximum atomic E-state index is 11.0. The van der Waals surface area contributed by atoms with E-state index in [9.17, 15) is 19.7 Å². The molecule has 0 saturated heterocycles. The van der Waals surface area contributed by atoms with E-state index in [-0.39, 0.29) is 17.0 Å². The molecule has 0 aliphatic carbocycles. The molecular weight excluding hydrogens is 230 g/mol. The Bertz CT molecular complexity index is 482. The highest BCUT2D eigenvalue weighted by Crippen LogP contribution is 2.30. The summed E-state index contributed by atoms with van der Waals surface area (Å²) in [6.07, 6.45) is -0.539. The molecule has 0 aliphatic heterocycles. The van der Waals surface area contributed by atoms with Crippen molar-refractivity contribution in [2.75, 3.05) is 7.11 Å². The molecule has 0 aromatic heterocycles. The third-order valence-corrected chi connectivity index (χ3v) is 2.07. The smallest absolute Gasteiger partial charge is 0.372 e. The minimum absolute atomic E-state index is 0.00862. The summed E-state index contributed by atoms with van der Waals surface area (Å²) in [5.41, 5.74) is -0.369. The summed E-state index contributed by atoms with van der Waals surface area (Å²) in [6, 6.07) is 4.14. The van der Waals surface area contributed by atoms with Crippen LogP contribution in [0.1, 0.15) is 5.56 Å². The van der Waals surface area contributed by atoms with E-state index in [1.54, 1.807) is 0 Å². The molecule has 0 amide bonds. The number of hydrogen-bond acceptors (Lipinski definition) is 5. The molecule has 7 nitrogen and oxygen atoms in total. The van der Waals surface area contributed by atoms with Crippen LogP contribution in [0.4, 0.5) is 5.69 Å². The summed E-state index contributed by atoms with van der Waals surface area (Å²) >= 11 is 0. The molecule has 7 heteroatoms. The molecule has 1 aromatic carbocycles. The number of rotatable bonds is 5. The van der Waals surface area contributed by atoms with Crippen molar-refractivity contribution in [1.29, 1.82) is 0 Å². The second kappa shape index (κ2) is 5.06. The largest absolute Gasteiger partial charge is 0.490 e. The van der Waals surface area contributed by atoms with Crippen LogP contribution < -0.4 is 4.74 Å². The summed E-state index contributed by atoms with van der Waals surface area (Å²) in [5.74, 6) is -2.74. The zero-order chi connectivity index (χ0) is 13.0. The first kappa shape index (κ1) is 12.6. The van der Waals surface area contributed by atoms with Gasteiger partial charge in [0.05, 0.1) is 12.0 Å². The maximum Gasteiger partial charge on any atom is 0.372 e. The molecule has 0 bridgehead atoms. The lowest BCUT2D eigenvalue weighted by Gasteiger charge is -2.05. The molecule has 17 heavy (non-hydrogen) atoms. The molecule has 0 atom stereocenters. The Morgan fingerprint density at radius 3 is 2.59 bits per heavy atom. The number of nitro groups is 1. The number of methoxy groups -OCH3 is 1. The number of ether oxygens (including phenoxy) is 1. The fourth-order valence-electron chi connectivity index (χ4n) is 1.33. The van der Waals surface area contributed by atoms with Gasteiger partial charge >= 0.3 is 11.7 Å². The van der Waals surface area contributed by atoms with Gasteiger partial charge in [0.25, 0.3) is 0 Å². The average molecular weight is 239 g/mol. The molecule has 0 fully saturated rings. The minimum Gasteiger partial charge on any atom is -0.490 e. The van der Waals surface area contributed by atoms with Crippen LogP contribution in [0.2, 0.25) is 0 Å². The Morgan fingerprint density at radius 1 is 1.47 bits per heavy atom. The standard InChI is InChI=1S/C10H9NO6/c1-17-8-4-2-3-6(9(8)11(15)16)5-7(12)10(13)14/h2-4H,5H2,1H3,(H,13,14). The summed E-state index contributed by atoms with van der Waals surface area (Å²) < 4.78 is 4.79. The molecule has 0 heterocycles. The van der Waals surface area contributed by atoms with Gasteiger partial charge in [0.15, 0.2) is 5.75 Å².